The van der Waals surface area contributed by atoms with Crippen LogP contribution in [-0.2, 0) is 4.74 Å². The first kappa shape index (κ1) is 18.7. The molecule has 3 atom stereocenters. The van der Waals surface area contributed by atoms with Crippen molar-refractivity contribution in [1.82, 2.24) is 16.0 Å². The van der Waals surface area contributed by atoms with Gasteiger partial charge < -0.3 is 9.47 Å². The Bertz CT molecular complexity index is 683. The molecule has 0 bridgehead atoms. The van der Waals surface area contributed by atoms with Gasteiger partial charge >= 0.3 is 6.09 Å². The molecular formula is C17H21Br2N3O3. The van der Waals surface area contributed by atoms with Crippen LogP contribution < -0.4 is 15.7 Å². The second-order valence-electron chi connectivity index (χ2n) is 6.51. The SMILES string of the molecule is C=C[C@H]1COc2c(Br)cc(Br)cc2[C@H]1NNN1C(=O)OC[C@@H]1C(C)C. The van der Waals surface area contributed by atoms with Crippen molar-refractivity contribution in [3.8, 4) is 5.75 Å². The number of carbonyl (C=O) groups excluding carboxylic acids is 1. The highest BCUT2D eigenvalue weighted by Gasteiger charge is 2.37. The predicted octanol–water partition coefficient (Wildman–Crippen LogP) is 3.93. The first-order valence-corrected chi connectivity index (χ1v) is 9.72. The Morgan fingerprint density at radius 2 is 2.08 bits per heavy atom. The fraction of sp³-hybridized carbons (Fsp3) is 0.471. The molecule has 6 nitrogen and oxygen atoms in total. The number of benzene rings is 1. The normalized spacial score (nSPS) is 25.6. The maximum absolute atomic E-state index is 12.0. The van der Waals surface area contributed by atoms with Crippen LogP contribution in [0.1, 0.15) is 25.5 Å². The van der Waals surface area contributed by atoms with E-state index >= 15 is 0 Å². The monoisotopic (exact) mass is 473 g/mol. The summed E-state index contributed by atoms with van der Waals surface area (Å²) in [7, 11) is 0. The van der Waals surface area contributed by atoms with Gasteiger partial charge in [-0.1, -0.05) is 35.9 Å². The molecule has 1 fully saturated rings. The fourth-order valence-corrected chi connectivity index (χ4v) is 4.43. The van der Waals surface area contributed by atoms with E-state index in [9.17, 15) is 4.79 Å². The molecule has 0 aliphatic carbocycles. The fourth-order valence-electron chi connectivity index (χ4n) is 3.05. The van der Waals surface area contributed by atoms with E-state index in [2.05, 4.69) is 63.2 Å². The van der Waals surface area contributed by atoms with Crippen LogP contribution in [0.2, 0.25) is 0 Å². The van der Waals surface area contributed by atoms with Gasteiger partial charge in [-0.25, -0.2) is 15.2 Å². The van der Waals surface area contributed by atoms with Crippen molar-refractivity contribution in [1.29, 1.82) is 0 Å². The average molecular weight is 475 g/mol. The molecule has 136 valence electrons. The summed E-state index contributed by atoms with van der Waals surface area (Å²) in [6.45, 7) is 8.93. The van der Waals surface area contributed by atoms with Crippen molar-refractivity contribution in [2.24, 2.45) is 11.8 Å². The molecule has 2 heterocycles. The maximum atomic E-state index is 12.0. The lowest BCUT2D eigenvalue weighted by atomic mass is 9.91. The van der Waals surface area contributed by atoms with E-state index in [1.165, 1.54) is 5.01 Å². The lowest BCUT2D eigenvalue weighted by Gasteiger charge is -2.35. The van der Waals surface area contributed by atoms with Crippen LogP contribution in [0, 0.1) is 11.8 Å². The highest BCUT2D eigenvalue weighted by Crippen LogP contribution is 2.42. The van der Waals surface area contributed by atoms with E-state index < -0.39 is 0 Å². The Balaban J connectivity index is 1.83. The number of rotatable bonds is 5. The summed E-state index contributed by atoms with van der Waals surface area (Å²) >= 11 is 7.07. The number of cyclic esters (lactones) is 1. The van der Waals surface area contributed by atoms with Crippen molar-refractivity contribution in [3.05, 3.63) is 39.3 Å². The summed E-state index contributed by atoms with van der Waals surface area (Å²) in [6, 6.07) is 3.84. The second-order valence-corrected chi connectivity index (χ2v) is 8.28. The minimum atomic E-state index is -0.371. The molecule has 0 radical (unpaired) electrons. The van der Waals surface area contributed by atoms with Gasteiger partial charge in [0.1, 0.15) is 12.4 Å². The number of carbonyl (C=O) groups is 1. The van der Waals surface area contributed by atoms with Crippen LogP contribution >= 0.6 is 31.9 Å². The van der Waals surface area contributed by atoms with Crippen LogP contribution in [-0.4, -0.2) is 30.4 Å². The van der Waals surface area contributed by atoms with Gasteiger partial charge in [0.2, 0.25) is 0 Å². The minimum absolute atomic E-state index is 0.0178. The summed E-state index contributed by atoms with van der Waals surface area (Å²) < 4.78 is 12.9. The number of nitrogens with one attached hydrogen (secondary N) is 2. The van der Waals surface area contributed by atoms with Crippen molar-refractivity contribution >= 4 is 38.0 Å². The Morgan fingerprint density at radius 3 is 2.76 bits per heavy atom. The lowest BCUT2D eigenvalue weighted by Crippen LogP contribution is -2.55. The van der Waals surface area contributed by atoms with Gasteiger partial charge in [0.25, 0.3) is 0 Å². The quantitative estimate of drug-likeness (QED) is 0.500. The van der Waals surface area contributed by atoms with Crippen LogP contribution in [0.4, 0.5) is 4.79 Å². The van der Waals surface area contributed by atoms with Crippen molar-refractivity contribution in [2.75, 3.05) is 13.2 Å². The summed E-state index contributed by atoms with van der Waals surface area (Å²) in [5.41, 5.74) is 7.31. The third kappa shape index (κ3) is 3.72. The van der Waals surface area contributed by atoms with E-state index in [0.717, 1.165) is 20.3 Å². The number of halogens is 2. The van der Waals surface area contributed by atoms with E-state index in [1.54, 1.807) is 0 Å². The van der Waals surface area contributed by atoms with Crippen LogP contribution in [0.3, 0.4) is 0 Å². The topological polar surface area (TPSA) is 62.8 Å². The standard InChI is InChI=1S/C17H21Br2N3O3/c1-4-10-7-24-16-12(5-11(18)6-13(16)19)15(10)20-21-22-14(9(2)3)8-25-17(22)23/h4-6,9-10,14-15,20-21H,1,7-8H2,2-3H3/t10-,14+,15-/m0/s1. The number of hydrogen-bond acceptors (Lipinski definition) is 5. The van der Waals surface area contributed by atoms with E-state index in [-0.39, 0.29) is 30.0 Å². The zero-order valence-corrected chi connectivity index (χ0v) is 17.3. The molecule has 0 spiro atoms. The van der Waals surface area contributed by atoms with Gasteiger partial charge in [-0.3, -0.25) is 0 Å². The van der Waals surface area contributed by atoms with Gasteiger partial charge in [-0.2, -0.15) is 5.53 Å². The van der Waals surface area contributed by atoms with Crippen molar-refractivity contribution in [3.63, 3.8) is 0 Å². The molecule has 0 aromatic heterocycles. The van der Waals surface area contributed by atoms with Gasteiger partial charge in [0.05, 0.1) is 23.2 Å². The first-order valence-electron chi connectivity index (χ1n) is 8.13. The van der Waals surface area contributed by atoms with Crippen LogP contribution in [0.15, 0.2) is 33.7 Å². The smallest absolute Gasteiger partial charge is 0.425 e. The van der Waals surface area contributed by atoms with Gasteiger partial charge in [-0.05, 0) is 34.0 Å². The molecule has 8 heteroatoms. The predicted molar refractivity (Wildman–Crippen MR) is 102 cm³/mol. The molecule has 1 aromatic rings. The molecule has 3 rings (SSSR count). The Kier molecular flexibility index (Phi) is 5.72. The summed E-state index contributed by atoms with van der Waals surface area (Å²) in [6.07, 6.45) is 1.49. The number of ether oxygens (including phenoxy) is 2. The van der Waals surface area contributed by atoms with Gasteiger partial charge in [-0.15, -0.1) is 6.58 Å². The van der Waals surface area contributed by atoms with Crippen molar-refractivity contribution < 1.29 is 14.3 Å². The molecule has 0 unspecified atom stereocenters. The molecule has 2 aliphatic rings. The van der Waals surface area contributed by atoms with Crippen LogP contribution in [0.5, 0.6) is 5.75 Å². The number of nitrogens with zero attached hydrogens (tertiary/aromatic N) is 1. The molecular weight excluding hydrogens is 454 g/mol. The second kappa shape index (κ2) is 7.65. The zero-order chi connectivity index (χ0) is 18.1. The van der Waals surface area contributed by atoms with Crippen molar-refractivity contribution in [2.45, 2.75) is 25.9 Å². The molecule has 2 N–H and O–H groups in total. The van der Waals surface area contributed by atoms with E-state index in [1.807, 2.05) is 18.2 Å². The van der Waals surface area contributed by atoms with Gasteiger partial charge in [0.15, 0.2) is 0 Å². The molecule has 25 heavy (non-hydrogen) atoms. The number of fused-ring (bicyclic) bond motifs is 1. The third-order valence-corrected chi connectivity index (χ3v) is 5.59. The third-order valence-electron chi connectivity index (χ3n) is 4.54. The van der Waals surface area contributed by atoms with Crippen LogP contribution in [0.25, 0.3) is 0 Å². The molecule has 2 aliphatic heterocycles. The number of hydrogen-bond donors (Lipinski definition) is 2. The number of amides is 1. The first-order chi connectivity index (χ1) is 11.9. The van der Waals surface area contributed by atoms with E-state index in [4.69, 9.17) is 9.47 Å². The molecule has 1 amide bonds. The van der Waals surface area contributed by atoms with E-state index in [0.29, 0.717) is 13.2 Å². The minimum Gasteiger partial charge on any atom is -0.491 e. The Hall–Kier alpha value is -1.09. The summed E-state index contributed by atoms with van der Waals surface area (Å²) in [4.78, 5) is 12.0. The largest absolute Gasteiger partial charge is 0.491 e. The lowest BCUT2D eigenvalue weighted by molar-refractivity contribution is 0.0984. The molecule has 0 saturated carbocycles. The highest BCUT2D eigenvalue weighted by molar-refractivity contribution is 9.11. The Labute approximate surface area is 164 Å². The average Bonchev–Trinajstić information content (AvgIpc) is 2.93. The summed E-state index contributed by atoms with van der Waals surface area (Å²) in [5, 5.41) is 1.52. The summed E-state index contributed by atoms with van der Waals surface area (Å²) in [5.74, 6) is 1.13. The van der Waals surface area contributed by atoms with Gasteiger partial charge in [0, 0.05) is 16.0 Å². The maximum Gasteiger partial charge on any atom is 0.425 e. The molecule has 1 aromatic carbocycles. The number of hydrazine groups is 2. The Morgan fingerprint density at radius 1 is 1.32 bits per heavy atom. The highest BCUT2D eigenvalue weighted by atomic mass is 79.9. The molecule has 1 saturated heterocycles. The zero-order valence-electron chi connectivity index (χ0n) is 14.1.